The summed E-state index contributed by atoms with van der Waals surface area (Å²) in [7, 11) is 0. The minimum absolute atomic E-state index is 0.180. The second-order valence-corrected chi connectivity index (χ2v) is 3.93. The maximum atomic E-state index is 11.9. The molecule has 94 valence electrons. The number of thiocarbonyl (C=S) groups is 1. The van der Waals surface area contributed by atoms with Gasteiger partial charge in [-0.15, -0.1) is 6.58 Å². The molecule has 0 saturated heterocycles. The van der Waals surface area contributed by atoms with E-state index in [0.29, 0.717) is 23.6 Å². The van der Waals surface area contributed by atoms with E-state index in [-0.39, 0.29) is 17.8 Å². The number of hydrogen-bond donors (Lipinski definition) is 2. The topological polar surface area (TPSA) is 59.6 Å². The molecular formula is C12H12N2O3S. The second kappa shape index (κ2) is 5.50. The van der Waals surface area contributed by atoms with Crippen molar-refractivity contribution in [3.63, 3.8) is 0 Å². The Morgan fingerprint density at radius 2 is 2.22 bits per heavy atom. The summed E-state index contributed by atoms with van der Waals surface area (Å²) in [6.07, 6.45) is 1.65. The lowest BCUT2D eigenvalue weighted by Crippen LogP contribution is -2.39. The number of hydrogen-bond acceptors (Lipinski definition) is 4. The molecule has 0 bridgehead atoms. The van der Waals surface area contributed by atoms with E-state index in [4.69, 9.17) is 21.7 Å². The normalized spacial score (nSPS) is 11.8. The van der Waals surface area contributed by atoms with E-state index in [1.54, 1.807) is 24.3 Å². The predicted octanol–water partition coefficient (Wildman–Crippen LogP) is 1.21. The fourth-order valence-corrected chi connectivity index (χ4v) is 1.60. The fraction of sp³-hybridized carbons (Fsp3) is 0.167. The molecule has 0 aliphatic carbocycles. The van der Waals surface area contributed by atoms with Crippen molar-refractivity contribution >= 4 is 23.2 Å². The Hall–Kier alpha value is -2.08. The molecule has 1 aromatic carbocycles. The van der Waals surface area contributed by atoms with Crippen molar-refractivity contribution < 1.29 is 14.3 Å². The van der Waals surface area contributed by atoms with Crippen molar-refractivity contribution in [2.45, 2.75) is 0 Å². The van der Waals surface area contributed by atoms with Crippen LogP contribution in [0.25, 0.3) is 0 Å². The molecule has 0 unspecified atom stereocenters. The van der Waals surface area contributed by atoms with Gasteiger partial charge in [0.15, 0.2) is 16.6 Å². The van der Waals surface area contributed by atoms with Crippen molar-refractivity contribution in [3.05, 3.63) is 36.4 Å². The Labute approximate surface area is 110 Å². The monoisotopic (exact) mass is 264 g/mol. The number of rotatable bonds is 3. The minimum Gasteiger partial charge on any atom is -0.454 e. The van der Waals surface area contributed by atoms with E-state index in [0.717, 1.165) is 0 Å². The molecule has 0 fully saturated rings. The average molecular weight is 264 g/mol. The molecule has 0 saturated carbocycles. The van der Waals surface area contributed by atoms with Crippen LogP contribution in [0, 0.1) is 0 Å². The van der Waals surface area contributed by atoms with Crippen LogP contribution in [0.15, 0.2) is 30.9 Å². The molecule has 1 amide bonds. The SMILES string of the molecule is C=CCNC(=S)NC(=O)c1ccc2c(c1)OCO2. The van der Waals surface area contributed by atoms with Gasteiger partial charge in [0.25, 0.3) is 5.91 Å². The van der Waals surface area contributed by atoms with Gasteiger partial charge < -0.3 is 14.8 Å². The molecule has 1 aliphatic heterocycles. The third-order valence-corrected chi connectivity index (χ3v) is 2.52. The Bertz CT molecular complexity index is 502. The van der Waals surface area contributed by atoms with Crippen molar-refractivity contribution in [2.24, 2.45) is 0 Å². The van der Waals surface area contributed by atoms with Crippen LogP contribution in [0.5, 0.6) is 11.5 Å². The highest BCUT2D eigenvalue weighted by molar-refractivity contribution is 7.80. The molecule has 1 aliphatic rings. The number of carbonyl (C=O) groups is 1. The Balaban J connectivity index is 2.01. The highest BCUT2D eigenvalue weighted by atomic mass is 32.1. The summed E-state index contributed by atoms with van der Waals surface area (Å²) in [4.78, 5) is 11.9. The van der Waals surface area contributed by atoms with Crippen LogP contribution in [-0.4, -0.2) is 24.4 Å². The van der Waals surface area contributed by atoms with Crippen molar-refractivity contribution in [1.82, 2.24) is 10.6 Å². The van der Waals surface area contributed by atoms with Gasteiger partial charge in [0.2, 0.25) is 6.79 Å². The number of fused-ring (bicyclic) bond motifs is 1. The summed E-state index contributed by atoms with van der Waals surface area (Å²) in [6.45, 7) is 4.22. The van der Waals surface area contributed by atoms with Gasteiger partial charge in [-0.05, 0) is 30.4 Å². The zero-order valence-corrected chi connectivity index (χ0v) is 10.4. The number of ether oxygens (including phenoxy) is 2. The van der Waals surface area contributed by atoms with Crippen molar-refractivity contribution in [1.29, 1.82) is 0 Å². The van der Waals surface area contributed by atoms with Gasteiger partial charge in [0, 0.05) is 12.1 Å². The Morgan fingerprint density at radius 1 is 1.44 bits per heavy atom. The first kappa shape index (κ1) is 12.4. The average Bonchev–Trinajstić information content (AvgIpc) is 2.83. The van der Waals surface area contributed by atoms with E-state index < -0.39 is 0 Å². The minimum atomic E-state index is -0.296. The molecule has 1 heterocycles. The predicted molar refractivity (Wildman–Crippen MR) is 70.8 cm³/mol. The van der Waals surface area contributed by atoms with Crippen LogP contribution in [0.4, 0.5) is 0 Å². The lowest BCUT2D eigenvalue weighted by Gasteiger charge is -2.08. The first-order valence-electron chi connectivity index (χ1n) is 5.30. The maximum absolute atomic E-state index is 11.9. The van der Waals surface area contributed by atoms with Crippen LogP contribution in [0.3, 0.4) is 0 Å². The molecular weight excluding hydrogens is 252 g/mol. The van der Waals surface area contributed by atoms with Crippen LogP contribution in [0.2, 0.25) is 0 Å². The standard InChI is InChI=1S/C12H12N2O3S/c1-2-5-13-12(18)14-11(15)8-3-4-9-10(6-8)17-7-16-9/h2-4,6H,1,5,7H2,(H2,13,14,15,18). The summed E-state index contributed by atoms with van der Waals surface area (Å²) in [5, 5.41) is 5.63. The highest BCUT2D eigenvalue weighted by Gasteiger charge is 2.16. The molecule has 2 rings (SSSR count). The van der Waals surface area contributed by atoms with Crippen molar-refractivity contribution in [2.75, 3.05) is 13.3 Å². The molecule has 0 radical (unpaired) electrons. The molecule has 0 atom stereocenters. The smallest absolute Gasteiger partial charge is 0.257 e. The van der Waals surface area contributed by atoms with E-state index in [9.17, 15) is 4.79 Å². The van der Waals surface area contributed by atoms with Gasteiger partial charge in [-0.25, -0.2) is 0 Å². The van der Waals surface area contributed by atoms with E-state index in [2.05, 4.69) is 17.2 Å². The number of nitrogens with one attached hydrogen (secondary N) is 2. The lowest BCUT2D eigenvalue weighted by atomic mass is 10.2. The molecule has 2 N–H and O–H groups in total. The third kappa shape index (κ3) is 2.78. The summed E-state index contributed by atoms with van der Waals surface area (Å²) in [5.74, 6) is 0.904. The van der Waals surface area contributed by atoms with Crippen LogP contribution >= 0.6 is 12.2 Å². The number of amides is 1. The van der Waals surface area contributed by atoms with Gasteiger partial charge in [-0.1, -0.05) is 6.08 Å². The zero-order valence-electron chi connectivity index (χ0n) is 9.56. The largest absolute Gasteiger partial charge is 0.454 e. The Kier molecular flexibility index (Phi) is 3.78. The third-order valence-electron chi connectivity index (χ3n) is 2.27. The summed E-state index contributed by atoms with van der Waals surface area (Å²) < 4.78 is 10.4. The molecule has 0 aromatic heterocycles. The van der Waals surface area contributed by atoms with E-state index in [1.807, 2.05) is 0 Å². The van der Waals surface area contributed by atoms with Gasteiger partial charge in [0.05, 0.1) is 0 Å². The van der Waals surface area contributed by atoms with E-state index >= 15 is 0 Å². The zero-order chi connectivity index (χ0) is 13.0. The fourth-order valence-electron chi connectivity index (χ4n) is 1.42. The first-order valence-corrected chi connectivity index (χ1v) is 5.71. The second-order valence-electron chi connectivity index (χ2n) is 3.52. The Morgan fingerprint density at radius 3 is 3.00 bits per heavy atom. The molecule has 6 heteroatoms. The van der Waals surface area contributed by atoms with Gasteiger partial charge in [-0.3, -0.25) is 10.1 Å². The maximum Gasteiger partial charge on any atom is 0.257 e. The van der Waals surface area contributed by atoms with Crippen LogP contribution in [0.1, 0.15) is 10.4 Å². The quantitative estimate of drug-likeness (QED) is 0.634. The molecule has 5 nitrogen and oxygen atoms in total. The van der Waals surface area contributed by atoms with Gasteiger partial charge in [-0.2, -0.15) is 0 Å². The molecule has 18 heavy (non-hydrogen) atoms. The van der Waals surface area contributed by atoms with Crippen LogP contribution in [-0.2, 0) is 0 Å². The summed E-state index contributed by atoms with van der Waals surface area (Å²) in [6, 6.07) is 4.96. The number of carbonyl (C=O) groups excluding carboxylic acids is 1. The van der Waals surface area contributed by atoms with E-state index in [1.165, 1.54) is 0 Å². The lowest BCUT2D eigenvalue weighted by molar-refractivity contribution is 0.0976. The first-order chi connectivity index (χ1) is 8.70. The van der Waals surface area contributed by atoms with Crippen LogP contribution < -0.4 is 20.1 Å². The van der Waals surface area contributed by atoms with Gasteiger partial charge in [0.1, 0.15) is 0 Å². The molecule has 1 aromatic rings. The summed E-state index contributed by atoms with van der Waals surface area (Å²) in [5.41, 5.74) is 0.460. The highest BCUT2D eigenvalue weighted by Crippen LogP contribution is 2.32. The van der Waals surface area contributed by atoms with Gasteiger partial charge >= 0.3 is 0 Å². The number of benzene rings is 1. The van der Waals surface area contributed by atoms with Crippen molar-refractivity contribution in [3.8, 4) is 11.5 Å². The molecule has 0 spiro atoms. The summed E-state index contributed by atoms with van der Waals surface area (Å²) >= 11 is 4.95.